The number of benzene rings is 1. The van der Waals surface area contributed by atoms with Crippen molar-refractivity contribution in [3.8, 4) is 5.75 Å². The maximum Gasteiger partial charge on any atom is 0.229 e. The van der Waals surface area contributed by atoms with Crippen LogP contribution in [0.25, 0.3) is 0 Å². The van der Waals surface area contributed by atoms with E-state index in [0.717, 1.165) is 38.5 Å². The number of nitrogen functional groups attached to an aromatic ring is 1. The minimum Gasteiger partial charge on any atom is -0.491 e. The van der Waals surface area contributed by atoms with E-state index in [1.807, 2.05) is 43.3 Å². The average Bonchev–Trinajstić information content (AvgIpc) is 2.69. The quantitative estimate of drug-likeness (QED) is 0.748. The first kappa shape index (κ1) is 20.6. The van der Waals surface area contributed by atoms with E-state index in [2.05, 4.69) is 31.7 Å². The second kappa shape index (κ2) is 9.36. The molecule has 8 nitrogen and oxygen atoms in total. The molecule has 1 aliphatic rings. The van der Waals surface area contributed by atoms with Gasteiger partial charge in [0, 0.05) is 46.8 Å². The van der Waals surface area contributed by atoms with Crippen molar-refractivity contribution in [1.82, 2.24) is 24.8 Å². The Balaban J connectivity index is 1.49. The van der Waals surface area contributed by atoms with E-state index in [9.17, 15) is 0 Å². The molecule has 9 heteroatoms. The Morgan fingerprint density at radius 1 is 1.14 bits per heavy atom. The summed E-state index contributed by atoms with van der Waals surface area (Å²) in [5.74, 6) is 2.30. The molecule has 0 radical (unpaired) electrons. The van der Waals surface area contributed by atoms with Gasteiger partial charge in [0.05, 0.1) is 11.1 Å². The van der Waals surface area contributed by atoms with E-state index < -0.39 is 0 Å². The van der Waals surface area contributed by atoms with E-state index >= 15 is 0 Å². The Hall–Kier alpha value is -2.16. The number of para-hydroxylation sites is 1. The molecule has 1 saturated heterocycles. The first-order chi connectivity index (χ1) is 13.4. The van der Waals surface area contributed by atoms with Gasteiger partial charge < -0.3 is 15.4 Å². The Morgan fingerprint density at radius 3 is 2.54 bits per heavy atom. The van der Waals surface area contributed by atoms with Gasteiger partial charge in [0.15, 0.2) is 5.82 Å². The molecule has 0 aliphatic carbocycles. The van der Waals surface area contributed by atoms with Crippen molar-refractivity contribution in [3.05, 3.63) is 35.1 Å². The molecule has 1 aromatic heterocycles. The van der Waals surface area contributed by atoms with Crippen LogP contribution in [0.4, 0.5) is 11.9 Å². The summed E-state index contributed by atoms with van der Waals surface area (Å²) < 4.78 is 5.80. The molecule has 152 valence electrons. The molecular formula is C19H28ClN7O. The molecule has 28 heavy (non-hydrogen) atoms. The number of halogens is 1. The fourth-order valence-electron chi connectivity index (χ4n) is 3.17. The number of anilines is 2. The van der Waals surface area contributed by atoms with Gasteiger partial charge in [-0.2, -0.15) is 15.0 Å². The smallest absolute Gasteiger partial charge is 0.229 e. The highest BCUT2D eigenvalue weighted by Crippen LogP contribution is 2.23. The summed E-state index contributed by atoms with van der Waals surface area (Å²) >= 11 is 6.13. The molecule has 0 bridgehead atoms. The summed E-state index contributed by atoms with van der Waals surface area (Å²) in [6.07, 6.45) is 0. The first-order valence-electron chi connectivity index (χ1n) is 9.46. The van der Waals surface area contributed by atoms with Crippen LogP contribution in [-0.4, -0.2) is 78.2 Å². The topological polar surface area (TPSA) is 83.6 Å². The number of piperazine rings is 1. The molecule has 0 amide bonds. The lowest BCUT2D eigenvalue weighted by atomic mass is 10.2. The van der Waals surface area contributed by atoms with Crippen LogP contribution < -0.4 is 15.4 Å². The molecule has 2 heterocycles. The fourth-order valence-corrected chi connectivity index (χ4v) is 3.36. The van der Waals surface area contributed by atoms with Crippen LogP contribution in [0.1, 0.15) is 18.8 Å². The zero-order chi connectivity index (χ0) is 20.1. The third kappa shape index (κ3) is 5.21. The SMILES string of the molecule is CC(c1nc(N)nc(N(C)C)n1)N1CCN(CCOc2ccccc2Cl)CC1. The van der Waals surface area contributed by atoms with E-state index in [-0.39, 0.29) is 12.0 Å². The minimum atomic E-state index is 0.0884. The molecule has 3 rings (SSSR count). The van der Waals surface area contributed by atoms with Crippen molar-refractivity contribution in [3.63, 3.8) is 0 Å². The third-order valence-corrected chi connectivity index (χ3v) is 5.20. The number of rotatable bonds is 7. The van der Waals surface area contributed by atoms with Crippen molar-refractivity contribution >= 4 is 23.5 Å². The maximum atomic E-state index is 6.13. The number of ether oxygens (including phenoxy) is 1. The van der Waals surface area contributed by atoms with Gasteiger partial charge in [0.25, 0.3) is 0 Å². The largest absolute Gasteiger partial charge is 0.491 e. The predicted octanol–water partition coefficient (Wildman–Crippen LogP) is 1.93. The Morgan fingerprint density at radius 2 is 1.86 bits per heavy atom. The van der Waals surface area contributed by atoms with Crippen LogP contribution in [-0.2, 0) is 0 Å². The van der Waals surface area contributed by atoms with Gasteiger partial charge in [-0.1, -0.05) is 23.7 Å². The number of nitrogens with two attached hydrogens (primary N) is 1. The van der Waals surface area contributed by atoms with Gasteiger partial charge in [0.1, 0.15) is 12.4 Å². The molecule has 1 aliphatic heterocycles. The standard InChI is InChI=1S/C19H28ClN7O/c1-14(17-22-18(21)24-19(23-17)25(2)3)27-10-8-26(9-11-27)12-13-28-16-7-5-4-6-15(16)20/h4-7,14H,8-13H2,1-3H3,(H2,21,22,23,24). The van der Waals surface area contributed by atoms with Crippen molar-refractivity contribution in [2.75, 3.05) is 64.1 Å². The maximum absolute atomic E-state index is 6.13. The highest BCUT2D eigenvalue weighted by molar-refractivity contribution is 6.32. The van der Waals surface area contributed by atoms with Gasteiger partial charge >= 0.3 is 0 Å². The zero-order valence-electron chi connectivity index (χ0n) is 16.7. The molecule has 2 aromatic rings. The van der Waals surface area contributed by atoms with Crippen molar-refractivity contribution < 1.29 is 4.74 Å². The van der Waals surface area contributed by atoms with Gasteiger partial charge in [-0.15, -0.1) is 0 Å². The van der Waals surface area contributed by atoms with Gasteiger partial charge in [-0.25, -0.2) is 0 Å². The number of nitrogens with zero attached hydrogens (tertiary/aromatic N) is 6. The van der Waals surface area contributed by atoms with E-state index in [1.54, 1.807) is 0 Å². The summed E-state index contributed by atoms with van der Waals surface area (Å²) in [6.45, 7) is 7.43. The predicted molar refractivity (Wildman–Crippen MR) is 112 cm³/mol. The van der Waals surface area contributed by atoms with Crippen molar-refractivity contribution in [2.45, 2.75) is 13.0 Å². The molecule has 1 unspecified atom stereocenters. The molecule has 0 saturated carbocycles. The summed E-state index contributed by atoms with van der Waals surface area (Å²) in [4.78, 5) is 19.7. The van der Waals surface area contributed by atoms with Crippen LogP contribution in [0, 0.1) is 0 Å². The average molecular weight is 406 g/mol. The van der Waals surface area contributed by atoms with E-state index in [0.29, 0.717) is 23.4 Å². The highest BCUT2D eigenvalue weighted by atomic mass is 35.5. The minimum absolute atomic E-state index is 0.0884. The van der Waals surface area contributed by atoms with Crippen molar-refractivity contribution in [2.24, 2.45) is 0 Å². The Kier molecular flexibility index (Phi) is 6.88. The van der Waals surface area contributed by atoms with Gasteiger partial charge in [-0.05, 0) is 19.1 Å². The molecular weight excluding hydrogens is 378 g/mol. The molecule has 0 spiro atoms. The number of aromatic nitrogens is 3. The monoisotopic (exact) mass is 405 g/mol. The Bertz CT molecular complexity index is 781. The van der Waals surface area contributed by atoms with Crippen molar-refractivity contribution in [1.29, 1.82) is 0 Å². The molecule has 2 N–H and O–H groups in total. The number of hydrogen-bond acceptors (Lipinski definition) is 8. The van der Waals surface area contributed by atoms with E-state index in [1.165, 1.54) is 0 Å². The molecule has 1 fully saturated rings. The highest BCUT2D eigenvalue weighted by Gasteiger charge is 2.24. The lowest BCUT2D eigenvalue weighted by molar-refractivity contribution is 0.0891. The Labute approximate surface area is 171 Å². The van der Waals surface area contributed by atoms with E-state index in [4.69, 9.17) is 22.1 Å². The van der Waals surface area contributed by atoms with Crippen LogP contribution in [0.15, 0.2) is 24.3 Å². The van der Waals surface area contributed by atoms with Crippen LogP contribution in [0.2, 0.25) is 5.02 Å². The molecule has 1 atom stereocenters. The first-order valence-corrected chi connectivity index (χ1v) is 9.84. The second-order valence-corrected chi connectivity index (χ2v) is 7.49. The summed E-state index contributed by atoms with van der Waals surface area (Å²) in [5.41, 5.74) is 5.86. The van der Waals surface area contributed by atoms with Crippen LogP contribution in [0.5, 0.6) is 5.75 Å². The lowest BCUT2D eigenvalue weighted by Gasteiger charge is -2.37. The molecule has 1 aromatic carbocycles. The fraction of sp³-hybridized carbons (Fsp3) is 0.526. The normalized spacial score (nSPS) is 16.7. The van der Waals surface area contributed by atoms with Crippen LogP contribution >= 0.6 is 11.6 Å². The summed E-state index contributed by atoms with van der Waals surface area (Å²) in [5, 5.41) is 0.648. The number of hydrogen-bond donors (Lipinski definition) is 1. The third-order valence-electron chi connectivity index (χ3n) is 4.89. The second-order valence-electron chi connectivity index (χ2n) is 7.08. The van der Waals surface area contributed by atoms with Gasteiger partial charge in [0.2, 0.25) is 11.9 Å². The summed E-state index contributed by atoms with van der Waals surface area (Å²) in [7, 11) is 3.79. The summed E-state index contributed by atoms with van der Waals surface area (Å²) in [6, 6.07) is 7.65. The van der Waals surface area contributed by atoms with Gasteiger partial charge in [-0.3, -0.25) is 9.80 Å². The van der Waals surface area contributed by atoms with Crippen LogP contribution in [0.3, 0.4) is 0 Å². The zero-order valence-corrected chi connectivity index (χ0v) is 17.4. The lowest BCUT2D eigenvalue weighted by Crippen LogP contribution is -2.48.